The van der Waals surface area contributed by atoms with Crippen LogP contribution in [0.25, 0.3) is 0 Å². The van der Waals surface area contributed by atoms with Gasteiger partial charge in [0.25, 0.3) is 11.6 Å². The van der Waals surface area contributed by atoms with E-state index in [2.05, 4.69) is 10.6 Å². The van der Waals surface area contributed by atoms with Crippen molar-refractivity contribution in [2.45, 2.75) is 52.5 Å². The summed E-state index contributed by atoms with van der Waals surface area (Å²) in [7, 11) is 0. The summed E-state index contributed by atoms with van der Waals surface area (Å²) in [5, 5.41) is 24.8. The molecule has 0 bridgehead atoms. The number of benzene rings is 1. The van der Waals surface area contributed by atoms with Gasteiger partial charge >= 0.3 is 0 Å². The van der Waals surface area contributed by atoms with Crippen LogP contribution < -0.4 is 16.1 Å². The molecule has 1 aromatic rings. The molecule has 0 radical (unpaired) electrons. The van der Waals surface area contributed by atoms with Gasteiger partial charge in [-0.15, -0.1) is 0 Å². The van der Waals surface area contributed by atoms with Crippen LogP contribution in [-0.2, 0) is 14.4 Å². The van der Waals surface area contributed by atoms with E-state index in [1.54, 1.807) is 0 Å². The molecular weight excluding hydrogens is 380 g/mol. The molecule has 1 unspecified atom stereocenters. The number of carbonyl (C=O) groups is 3. The average molecular weight is 408 g/mol. The fraction of sp³-hybridized carbons (Fsp3) is 0.526. The molecule has 1 rings (SSSR count). The molecule has 0 fully saturated rings. The number of hydrogen-bond donors (Lipinski definition) is 4. The van der Waals surface area contributed by atoms with Crippen LogP contribution in [-0.4, -0.2) is 33.9 Å². The highest BCUT2D eigenvalue weighted by Gasteiger charge is 2.30. The Balaban J connectivity index is 2.90. The third-order valence-corrected chi connectivity index (χ3v) is 4.28. The van der Waals surface area contributed by atoms with Gasteiger partial charge in [-0.1, -0.05) is 33.6 Å². The summed E-state index contributed by atoms with van der Waals surface area (Å²) in [4.78, 5) is 47.3. The second-order valence-corrected chi connectivity index (χ2v) is 7.15. The van der Waals surface area contributed by atoms with Gasteiger partial charge in [-0.2, -0.15) is 0 Å². The quantitative estimate of drug-likeness (QED) is 0.191. The number of nitro groups is 1. The number of hydroxylamine groups is 1. The van der Waals surface area contributed by atoms with E-state index >= 15 is 0 Å². The number of non-ortho nitro benzene ring substituents is 1. The molecular formula is C19H28N4O6. The highest BCUT2D eigenvalue weighted by atomic mass is 16.6. The largest absolute Gasteiger partial charge is 0.344 e. The normalized spacial score (nSPS) is 12.7. The molecule has 10 heteroatoms. The SMILES string of the molecule is CCCCC(C(=O)NO)C(=O)N[C@@H](CC(C)C)C(=O)Nc1ccc([N+](=O)[O-])cc1. The minimum atomic E-state index is -1.11. The third kappa shape index (κ3) is 7.86. The molecule has 0 aliphatic heterocycles. The molecule has 160 valence electrons. The van der Waals surface area contributed by atoms with Crippen molar-refractivity contribution in [2.24, 2.45) is 11.8 Å². The molecule has 0 heterocycles. The number of carbonyl (C=O) groups excluding carboxylic acids is 3. The van der Waals surface area contributed by atoms with Crippen LogP contribution in [0.3, 0.4) is 0 Å². The minimum Gasteiger partial charge on any atom is -0.344 e. The maximum atomic E-state index is 12.7. The number of anilines is 1. The lowest BCUT2D eigenvalue weighted by atomic mass is 9.98. The van der Waals surface area contributed by atoms with E-state index in [0.29, 0.717) is 18.5 Å². The van der Waals surface area contributed by atoms with Crippen molar-refractivity contribution in [1.82, 2.24) is 10.8 Å². The first-order chi connectivity index (χ1) is 13.7. The number of nitrogens with one attached hydrogen (secondary N) is 3. The highest BCUT2D eigenvalue weighted by molar-refractivity contribution is 6.03. The first-order valence-electron chi connectivity index (χ1n) is 9.49. The van der Waals surface area contributed by atoms with E-state index in [9.17, 15) is 24.5 Å². The Morgan fingerprint density at radius 3 is 2.21 bits per heavy atom. The van der Waals surface area contributed by atoms with Crippen molar-refractivity contribution in [1.29, 1.82) is 0 Å². The lowest BCUT2D eigenvalue weighted by Crippen LogP contribution is -2.49. The second-order valence-electron chi connectivity index (χ2n) is 7.15. The molecule has 0 aliphatic rings. The van der Waals surface area contributed by atoms with E-state index in [4.69, 9.17) is 5.21 Å². The van der Waals surface area contributed by atoms with Crippen LogP contribution in [0.2, 0.25) is 0 Å². The Hall–Kier alpha value is -3.01. The predicted octanol–water partition coefficient (Wildman–Crippen LogP) is 2.38. The smallest absolute Gasteiger partial charge is 0.269 e. The summed E-state index contributed by atoms with van der Waals surface area (Å²) >= 11 is 0. The summed E-state index contributed by atoms with van der Waals surface area (Å²) in [6.45, 7) is 5.67. The molecule has 4 N–H and O–H groups in total. The number of amides is 3. The van der Waals surface area contributed by atoms with Crippen LogP contribution in [0.1, 0.15) is 46.5 Å². The number of rotatable bonds is 11. The average Bonchev–Trinajstić information content (AvgIpc) is 2.67. The van der Waals surface area contributed by atoms with Crippen LogP contribution in [0.4, 0.5) is 11.4 Å². The van der Waals surface area contributed by atoms with Crippen LogP contribution in [0.15, 0.2) is 24.3 Å². The summed E-state index contributed by atoms with van der Waals surface area (Å²) in [5.41, 5.74) is 1.74. The second kappa shape index (κ2) is 11.7. The molecule has 2 atom stereocenters. The summed E-state index contributed by atoms with van der Waals surface area (Å²) in [6.07, 6.45) is 1.94. The van der Waals surface area contributed by atoms with Crippen molar-refractivity contribution < 1.29 is 24.5 Å². The van der Waals surface area contributed by atoms with E-state index < -0.39 is 34.6 Å². The van der Waals surface area contributed by atoms with Crippen molar-refractivity contribution in [2.75, 3.05) is 5.32 Å². The molecule has 0 spiro atoms. The van der Waals surface area contributed by atoms with Gasteiger partial charge < -0.3 is 10.6 Å². The maximum Gasteiger partial charge on any atom is 0.269 e. The van der Waals surface area contributed by atoms with Crippen LogP contribution in [0, 0.1) is 22.0 Å². The van der Waals surface area contributed by atoms with E-state index in [-0.39, 0.29) is 18.0 Å². The molecule has 0 saturated carbocycles. The summed E-state index contributed by atoms with van der Waals surface area (Å²) in [5.74, 6) is -3.01. The molecule has 0 aliphatic carbocycles. The maximum absolute atomic E-state index is 12.7. The van der Waals surface area contributed by atoms with E-state index in [1.807, 2.05) is 20.8 Å². The lowest BCUT2D eigenvalue weighted by molar-refractivity contribution is -0.384. The number of hydrogen-bond acceptors (Lipinski definition) is 6. The highest BCUT2D eigenvalue weighted by Crippen LogP contribution is 2.17. The Labute approximate surface area is 169 Å². The van der Waals surface area contributed by atoms with Crippen molar-refractivity contribution in [3.8, 4) is 0 Å². The van der Waals surface area contributed by atoms with Crippen molar-refractivity contribution in [3.05, 3.63) is 34.4 Å². The third-order valence-electron chi connectivity index (χ3n) is 4.28. The van der Waals surface area contributed by atoms with Gasteiger partial charge in [-0.05, 0) is 30.9 Å². The fourth-order valence-electron chi connectivity index (χ4n) is 2.74. The van der Waals surface area contributed by atoms with Gasteiger partial charge in [0, 0.05) is 17.8 Å². The molecule has 0 saturated heterocycles. The zero-order valence-electron chi connectivity index (χ0n) is 16.8. The van der Waals surface area contributed by atoms with Gasteiger partial charge in [-0.25, -0.2) is 5.48 Å². The Bertz CT molecular complexity index is 720. The van der Waals surface area contributed by atoms with Gasteiger partial charge in [0.15, 0.2) is 0 Å². The minimum absolute atomic E-state index is 0.0728. The van der Waals surface area contributed by atoms with Gasteiger partial charge in [0.2, 0.25) is 11.8 Å². The van der Waals surface area contributed by atoms with Gasteiger partial charge in [-0.3, -0.25) is 29.7 Å². The monoisotopic (exact) mass is 408 g/mol. The Morgan fingerprint density at radius 2 is 1.72 bits per heavy atom. The predicted molar refractivity (Wildman–Crippen MR) is 106 cm³/mol. The van der Waals surface area contributed by atoms with Crippen molar-refractivity contribution in [3.63, 3.8) is 0 Å². The molecule has 10 nitrogen and oxygen atoms in total. The van der Waals surface area contributed by atoms with Gasteiger partial charge in [0.1, 0.15) is 12.0 Å². The number of nitro benzene ring substituents is 1. The lowest BCUT2D eigenvalue weighted by Gasteiger charge is -2.23. The molecule has 0 aromatic heterocycles. The van der Waals surface area contributed by atoms with Crippen LogP contribution >= 0.6 is 0 Å². The van der Waals surface area contributed by atoms with Crippen molar-refractivity contribution >= 4 is 29.1 Å². The molecule has 1 aromatic carbocycles. The first kappa shape index (κ1) is 24.0. The van der Waals surface area contributed by atoms with E-state index in [1.165, 1.54) is 29.7 Å². The van der Waals surface area contributed by atoms with E-state index in [0.717, 1.165) is 6.42 Å². The zero-order chi connectivity index (χ0) is 22.0. The number of unbranched alkanes of at least 4 members (excludes halogenated alkanes) is 1. The fourth-order valence-corrected chi connectivity index (χ4v) is 2.74. The first-order valence-corrected chi connectivity index (χ1v) is 9.49. The van der Waals surface area contributed by atoms with Crippen LogP contribution in [0.5, 0.6) is 0 Å². The number of nitrogens with zero attached hydrogens (tertiary/aromatic N) is 1. The summed E-state index contributed by atoms with van der Waals surface area (Å²) < 4.78 is 0. The Morgan fingerprint density at radius 1 is 1.10 bits per heavy atom. The molecule has 3 amide bonds. The summed E-state index contributed by atoms with van der Waals surface area (Å²) in [6, 6.07) is 4.41. The zero-order valence-corrected chi connectivity index (χ0v) is 16.8. The topological polar surface area (TPSA) is 151 Å². The standard InChI is InChI=1S/C19H28N4O6/c1-4-5-6-15(18(25)22-27)17(24)21-16(11-12(2)3)19(26)20-13-7-9-14(10-8-13)23(28)29/h7-10,12,15-16,27H,4-6,11H2,1-3H3,(H,20,26)(H,21,24)(H,22,25)/t15?,16-/m0/s1. The molecule has 29 heavy (non-hydrogen) atoms. The van der Waals surface area contributed by atoms with Gasteiger partial charge in [0.05, 0.1) is 4.92 Å². The Kier molecular flexibility index (Phi) is 9.73.